The smallest absolute Gasteiger partial charge is 0.186 e. The van der Waals surface area contributed by atoms with Crippen LogP contribution in [0.2, 0.25) is 0 Å². The molecule has 26 heavy (non-hydrogen) atoms. The molecule has 5 heteroatoms. The molecular weight excluding hydrogens is 344 g/mol. The number of carbonyl (C=O) groups is 1. The number of hydrogen-bond donors (Lipinski definition) is 0. The number of aromatic nitrogens is 1. The number of rotatable bonds is 9. The van der Waals surface area contributed by atoms with Gasteiger partial charge in [0, 0.05) is 25.4 Å². The summed E-state index contributed by atoms with van der Waals surface area (Å²) >= 11 is 1.34. The van der Waals surface area contributed by atoms with Crippen LogP contribution in [0, 0.1) is 0 Å². The average molecular weight is 371 g/mol. The number of benzene rings is 1. The summed E-state index contributed by atoms with van der Waals surface area (Å²) in [5, 5.41) is 0.237. The maximum Gasteiger partial charge on any atom is 0.186 e. The molecule has 2 rings (SSSR count). The van der Waals surface area contributed by atoms with Gasteiger partial charge in [-0.1, -0.05) is 42.1 Å². The van der Waals surface area contributed by atoms with E-state index in [0.29, 0.717) is 6.61 Å². The zero-order valence-electron chi connectivity index (χ0n) is 15.6. The zero-order chi connectivity index (χ0) is 18.9. The molecule has 0 aliphatic rings. The normalized spacial score (nSPS) is 11.7. The Labute approximate surface area is 160 Å². The number of likely N-dealkylation sites (N-methyl/N-ethyl adjacent to an activating group) is 1. The van der Waals surface area contributed by atoms with Crippen molar-refractivity contribution in [1.82, 2.24) is 4.98 Å². The number of nitrogens with zero attached hydrogens (tertiary/aromatic N) is 2. The van der Waals surface area contributed by atoms with Crippen molar-refractivity contribution in [3.63, 3.8) is 0 Å². The summed E-state index contributed by atoms with van der Waals surface area (Å²) in [5.41, 5.74) is 2.19. The number of ether oxygens (including phenoxy) is 1. The quantitative estimate of drug-likeness (QED) is 0.614. The van der Waals surface area contributed by atoms with Gasteiger partial charge in [0.05, 0.1) is 6.54 Å². The number of carbonyl (C=O) groups excluding carboxylic acids is 1. The maximum atomic E-state index is 11.4. The van der Waals surface area contributed by atoms with Crippen molar-refractivity contribution >= 4 is 22.7 Å². The fourth-order valence-corrected chi connectivity index (χ4v) is 3.32. The molecule has 1 heterocycles. The fourth-order valence-electron chi connectivity index (χ4n) is 2.45. The molecule has 4 nitrogen and oxygen atoms in total. The Morgan fingerprint density at radius 1 is 1.23 bits per heavy atom. The van der Waals surface area contributed by atoms with E-state index >= 15 is 0 Å². The summed E-state index contributed by atoms with van der Waals surface area (Å²) in [7, 11) is 2.00. The van der Waals surface area contributed by atoms with Crippen LogP contribution in [0.4, 0.5) is 5.82 Å². The van der Waals surface area contributed by atoms with Gasteiger partial charge >= 0.3 is 0 Å². The highest BCUT2D eigenvalue weighted by molar-refractivity contribution is 8.14. The first-order valence-electron chi connectivity index (χ1n) is 8.62. The first-order valence-corrected chi connectivity index (χ1v) is 9.50. The van der Waals surface area contributed by atoms with Crippen LogP contribution >= 0.6 is 11.8 Å². The highest BCUT2D eigenvalue weighted by Crippen LogP contribution is 2.24. The lowest BCUT2D eigenvalue weighted by molar-refractivity contribution is -0.109. The third kappa shape index (κ3) is 6.56. The fraction of sp³-hybridized carbons (Fsp3) is 0.333. The van der Waals surface area contributed by atoms with Crippen molar-refractivity contribution in [2.75, 3.05) is 25.1 Å². The lowest BCUT2D eigenvalue weighted by Gasteiger charge is -2.18. The van der Waals surface area contributed by atoms with Crippen LogP contribution < -0.4 is 9.64 Å². The zero-order valence-corrected chi connectivity index (χ0v) is 16.5. The average Bonchev–Trinajstić information content (AvgIpc) is 2.62. The Morgan fingerprint density at radius 2 is 1.96 bits per heavy atom. The number of hydrogen-bond acceptors (Lipinski definition) is 5. The third-order valence-corrected chi connectivity index (χ3v) is 5.12. The van der Waals surface area contributed by atoms with Gasteiger partial charge in [0.15, 0.2) is 5.12 Å². The summed E-state index contributed by atoms with van der Waals surface area (Å²) in [6.07, 6.45) is 2.58. The van der Waals surface area contributed by atoms with E-state index in [0.717, 1.165) is 30.1 Å². The van der Waals surface area contributed by atoms with Crippen LogP contribution in [0.1, 0.15) is 19.4 Å². The van der Waals surface area contributed by atoms with Crippen molar-refractivity contribution in [2.24, 2.45) is 0 Å². The molecule has 1 aromatic heterocycles. The topological polar surface area (TPSA) is 42.4 Å². The van der Waals surface area contributed by atoms with E-state index in [2.05, 4.69) is 28.6 Å². The Hall–Kier alpha value is -2.27. The second kappa shape index (κ2) is 10.0. The predicted octanol–water partition coefficient (Wildman–Crippen LogP) is 4.36. The van der Waals surface area contributed by atoms with Gasteiger partial charge in [0.2, 0.25) is 0 Å². The summed E-state index contributed by atoms with van der Waals surface area (Å²) < 4.78 is 5.82. The second-order valence-corrected chi connectivity index (χ2v) is 7.63. The standard InChI is InChI=1S/C21H26N2O2S/c1-16(2)20(26-17(3)24)15-18-8-10-19(11-9-18)25-14-13-23(4)21-7-5-6-12-22-21/h5-12,20H,1,13-15H2,2-4H3. The Kier molecular flexibility index (Phi) is 7.73. The Morgan fingerprint density at radius 3 is 2.54 bits per heavy atom. The van der Waals surface area contributed by atoms with Crippen LogP contribution in [0.3, 0.4) is 0 Å². The highest BCUT2D eigenvalue weighted by Gasteiger charge is 2.13. The number of pyridine rings is 1. The molecule has 0 aliphatic carbocycles. The largest absolute Gasteiger partial charge is 0.492 e. The van der Waals surface area contributed by atoms with Gasteiger partial charge in [-0.3, -0.25) is 4.79 Å². The van der Waals surface area contributed by atoms with E-state index < -0.39 is 0 Å². The van der Waals surface area contributed by atoms with Gasteiger partial charge < -0.3 is 9.64 Å². The number of thioether (sulfide) groups is 1. The monoisotopic (exact) mass is 370 g/mol. The molecule has 1 aromatic carbocycles. The van der Waals surface area contributed by atoms with Crippen molar-refractivity contribution in [2.45, 2.75) is 25.5 Å². The molecule has 2 aromatic rings. The third-order valence-electron chi connectivity index (χ3n) is 3.94. The second-order valence-electron chi connectivity index (χ2n) is 6.25. The first kappa shape index (κ1) is 20.0. The molecule has 0 amide bonds. The van der Waals surface area contributed by atoms with E-state index in [4.69, 9.17) is 4.74 Å². The van der Waals surface area contributed by atoms with Gasteiger partial charge in [-0.25, -0.2) is 4.98 Å². The summed E-state index contributed by atoms with van der Waals surface area (Å²) in [4.78, 5) is 17.7. The molecule has 0 fully saturated rings. The molecule has 138 valence electrons. The molecule has 0 bridgehead atoms. The van der Waals surface area contributed by atoms with Crippen molar-refractivity contribution in [1.29, 1.82) is 0 Å². The number of anilines is 1. The van der Waals surface area contributed by atoms with E-state index in [1.54, 1.807) is 13.1 Å². The predicted molar refractivity (Wildman–Crippen MR) is 110 cm³/mol. The minimum atomic E-state index is 0.117. The molecular formula is C21H26N2O2S. The van der Waals surface area contributed by atoms with E-state index in [9.17, 15) is 4.79 Å². The van der Waals surface area contributed by atoms with Crippen molar-refractivity contribution in [3.05, 3.63) is 66.4 Å². The maximum absolute atomic E-state index is 11.4. The molecule has 0 saturated heterocycles. The first-order chi connectivity index (χ1) is 12.5. The van der Waals surface area contributed by atoms with Crippen LogP contribution in [0.25, 0.3) is 0 Å². The molecule has 1 atom stereocenters. The molecule has 1 unspecified atom stereocenters. The Balaban J connectivity index is 1.83. The molecule has 0 N–H and O–H groups in total. The molecule has 0 spiro atoms. The highest BCUT2D eigenvalue weighted by atomic mass is 32.2. The molecule has 0 radical (unpaired) electrons. The minimum absolute atomic E-state index is 0.117. The van der Waals surface area contributed by atoms with Crippen LogP contribution in [-0.2, 0) is 11.2 Å². The SMILES string of the molecule is C=C(C)C(Cc1ccc(OCCN(C)c2ccccn2)cc1)SC(C)=O. The molecule has 0 saturated carbocycles. The van der Waals surface area contributed by atoms with Gasteiger partial charge in [-0.05, 0) is 43.2 Å². The van der Waals surface area contributed by atoms with Gasteiger partial charge in [0.1, 0.15) is 18.2 Å². The van der Waals surface area contributed by atoms with E-state index in [1.807, 2.05) is 44.3 Å². The van der Waals surface area contributed by atoms with Crippen molar-refractivity contribution < 1.29 is 9.53 Å². The van der Waals surface area contributed by atoms with Gasteiger partial charge in [-0.15, -0.1) is 0 Å². The summed E-state index contributed by atoms with van der Waals surface area (Å²) in [6, 6.07) is 13.9. The van der Waals surface area contributed by atoms with Crippen LogP contribution in [0.5, 0.6) is 5.75 Å². The van der Waals surface area contributed by atoms with E-state index in [1.165, 1.54) is 17.3 Å². The van der Waals surface area contributed by atoms with Gasteiger partial charge in [-0.2, -0.15) is 0 Å². The molecule has 0 aliphatic heterocycles. The van der Waals surface area contributed by atoms with Crippen molar-refractivity contribution in [3.8, 4) is 5.75 Å². The summed E-state index contributed by atoms with van der Waals surface area (Å²) in [6.45, 7) is 8.90. The minimum Gasteiger partial charge on any atom is -0.492 e. The van der Waals surface area contributed by atoms with Gasteiger partial charge in [0.25, 0.3) is 0 Å². The lowest BCUT2D eigenvalue weighted by Crippen LogP contribution is -2.24. The van der Waals surface area contributed by atoms with Crippen LogP contribution in [0.15, 0.2) is 60.8 Å². The lowest BCUT2D eigenvalue weighted by atomic mass is 10.1. The van der Waals surface area contributed by atoms with E-state index in [-0.39, 0.29) is 10.4 Å². The van der Waals surface area contributed by atoms with Crippen LogP contribution in [-0.4, -0.2) is 35.5 Å². The summed E-state index contributed by atoms with van der Waals surface area (Å²) in [5.74, 6) is 1.77. The Bertz CT molecular complexity index is 717.